The van der Waals surface area contributed by atoms with E-state index in [0.717, 1.165) is 30.4 Å². The molecular weight excluding hydrogens is 332 g/mol. The Morgan fingerprint density at radius 3 is 2.54 bits per heavy atom. The summed E-state index contributed by atoms with van der Waals surface area (Å²) >= 11 is 0. The van der Waals surface area contributed by atoms with Crippen LogP contribution in [-0.2, 0) is 14.3 Å². The van der Waals surface area contributed by atoms with E-state index in [2.05, 4.69) is 10.3 Å². The van der Waals surface area contributed by atoms with Crippen molar-refractivity contribution in [1.82, 2.24) is 10.3 Å². The van der Waals surface area contributed by atoms with Gasteiger partial charge in [0.15, 0.2) is 6.04 Å². The van der Waals surface area contributed by atoms with Gasteiger partial charge in [0.2, 0.25) is 5.91 Å². The third-order valence-electron chi connectivity index (χ3n) is 4.97. The van der Waals surface area contributed by atoms with Crippen LogP contribution in [0.2, 0.25) is 0 Å². The summed E-state index contributed by atoms with van der Waals surface area (Å²) in [6.07, 6.45) is 6.22. The molecule has 1 saturated carbocycles. The molecule has 1 fully saturated rings. The second-order valence-corrected chi connectivity index (χ2v) is 6.62. The first kappa shape index (κ1) is 18.1. The largest absolute Gasteiger partial charge is 0.479 e. The number of nitrogens with one attached hydrogen (secondary N) is 1. The van der Waals surface area contributed by atoms with E-state index in [0.29, 0.717) is 5.56 Å². The average molecular weight is 354 g/mol. The molecule has 0 radical (unpaired) electrons. The van der Waals surface area contributed by atoms with E-state index in [1.807, 2.05) is 18.2 Å². The van der Waals surface area contributed by atoms with Crippen molar-refractivity contribution < 1.29 is 19.4 Å². The van der Waals surface area contributed by atoms with Crippen LogP contribution in [0.4, 0.5) is 0 Å². The fourth-order valence-corrected chi connectivity index (χ4v) is 3.26. The molecule has 0 aliphatic heterocycles. The van der Waals surface area contributed by atoms with Crippen molar-refractivity contribution in [2.24, 2.45) is 0 Å². The van der Waals surface area contributed by atoms with E-state index in [1.54, 1.807) is 37.7 Å². The smallest absolute Gasteiger partial charge is 0.330 e. The molecular formula is C20H22N2O4. The third-order valence-corrected chi connectivity index (χ3v) is 4.97. The van der Waals surface area contributed by atoms with E-state index in [4.69, 9.17) is 4.74 Å². The lowest BCUT2D eigenvalue weighted by Gasteiger charge is -2.40. The van der Waals surface area contributed by atoms with Crippen LogP contribution in [0.15, 0.2) is 48.8 Å². The van der Waals surface area contributed by atoms with Crippen molar-refractivity contribution in [3.63, 3.8) is 0 Å². The monoisotopic (exact) mass is 354 g/mol. The lowest BCUT2D eigenvalue weighted by molar-refractivity contribution is -0.145. The molecule has 6 nitrogen and oxygen atoms in total. The molecule has 1 aromatic carbocycles. The van der Waals surface area contributed by atoms with Crippen LogP contribution >= 0.6 is 0 Å². The Labute approximate surface area is 152 Å². The van der Waals surface area contributed by atoms with Crippen LogP contribution < -0.4 is 5.32 Å². The lowest BCUT2D eigenvalue weighted by Crippen LogP contribution is -2.45. The molecule has 2 N–H and O–H groups in total. The van der Waals surface area contributed by atoms with Gasteiger partial charge in [-0.05, 0) is 54.2 Å². The number of pyridine rings is 1. The number of carboxylic acid groups (broad SMARTS) is 1. The fraction of sp³-hybridized carbons (Fsp3) is 0.350. The lowest BCUT2D eigenvalue weighted by atomic mass is 9.77. The van der Waals surface area contributed by atoms with Gasteiger partial charge in [-0.2, -0.15) is 0 Å². The van der Waals surface area contributed by atoms with E-state index < -0.39 is 17.6 Å². The van der Waals surface area contributed by atoms with Crippen molar-refractivity contribution in [1.29, 1.82) is 0 Å². The minimum absolute atomic E-state index is 0.178. The molecule has 1 aromatic heterocycles. The van der Waals surface area contributed by atoms with Crippen LogP contribution in [-0.4, -0.2) is 34.7 Å². The molecule has 1 atom stereocenters. The van der Waals surface area contributed by atoms with Crippen molar-refractivity contribution >= 4 is 11.9 Å². The molecule has 26 heavy (non-hydrogen) atoms. The number of aliphatic carboxylic acids is 1. The Morgan fingerprint density at radius 1 is 1.23 bits per heavy atom. The highest BCUT2D eigenvalue weighted by atomic mass is 16.5. The van der Waals surface area contributed by atoms with Crippen LogP contribution in [0.1, 0.15) is 37.3 Å². The van der Waals surface area contributed by atoms with E-state index >= 15 is 0 Å². The summed E-state index contributed by atoms with van der Waals surface area (Å²) in [5, 5.41) is 12.2. The highest BCUT2D eigenvalue weighted by Crippen LogP contribution is 2.38. The van der Waals surface area contributed by atoms with Gasteiger partial charge in [0.25, 0.3) is 0 Å². The zero-order chi connectivity index (χ0) is 18.6. The maximum absolute atomic E-state index is 12.4. The summed E-state index contributed by atoms with van der Waals surface area (Å²) in [5.74, 6) is -1.40. The number of rotatable bonds is 7. The summed E-state index contributed by atoms with van der Waals surface area (Å²) in [4.78, 5) is 28.1. The second-order valence-electron chi connectivity index (χ2n) is 6.62. The maximum Gasteiger partial charge on any atom is 0.330 e. The van der Waals surface area contributed by atoms with Gasteiger partial charge in [-0.25, -0.2) is 4.79 Å². The summed E-state index contributed by atoms with van der Waals surface area (Å²) in [6.45, 7) is 0. The number of carboxylic acids is 1. The standard InChI is InChI=1S/C20H22N2O4/c1-26-20(8-3-9-20)13-17(23)22-18(19(24)25)16-5-2-4-15(12-16)14-6-10-21-11-7-14/h2,4-7,10-12,18H,3,8-9,13H2,1H3,(H,22,23)(H,24,25). The Kier molecular flexibility index (Phi) is 5.32. The van der Waals surface area contributed by atoms with Gasteiger partial charge in [0.05, 0.1) is 12.0 Å². The molecule has 0 spiro atoms. The first-order valence-corrected chi connectivity index (χ1v) is 8.61. The number of amides is 1. The van der Waals surface area contributed by atoms with Gasteiger partial charge in [0.1, 0.15) is 0 Å². The highest BCUT2D eigenvalue weighted by molar-refractivity contribution is 5.85. The molecule has 0 bridgehead atoms. The van der Waals surface area contributed by atoms with Crippen molar-refractivity contribution in [3.8, 4) is 11.1 Å². The number of aromatic nitrogens is 1. The fourth-order valence-electron chi connectivity index (χ4n) is 3.26. The molecule has 2 aromatic rings. The van der Waals surface area contributed by atoms with Gasteiger partial charge in [-0.3, -0.25) is 9.78 Å². The normalized spacial score (nSPS) is 16.3. The van der Waals surface area contributed by atoms with Crippen molar-refractivity contribution in [2.75, 3.05) is 7.11 Å². The summed E-state index contributed by atoms with van der Waals surface area (Å²) in [5.41, 5.74) is 1.90. The number of ether oxygens (including phenoxy) is 1. The van der Waals surface area contributed by atoms with Gasteiger partial charge >= 0.3 is 5.97 Å². The number of nitrogens with zero attached hydrogens (tertiary/aromatic N) is 1. The van der Waals surface area contributed by atoms with Crippen molar-refractivity contribution in [2.45, 2.75) is 37.3 Å². The zero-order valence-electron chi connectivity index (χ0n) is 14.6. The van der Waals surface area contributed by atoms with Crippen LogP contribution in [0, 0.1) is 0 Å². The molecule has 1 unspecified atom stereocenters. The second kappa shape index (κ2) is 7.66. The molecule has 1 aliphatic rings. The minimum Gasteiger partial charge on any atom is -0.479 e. The summed E-state index contributed by atoms with van der Waals surface area (Å²) < 4.78 is 5.45. The van der Waals surface area contributed by atoms with Gasteiger partial charge in [-0.15, -0.1) is 0 Å². The molecule has 6 heteroatoms. The van der Waals surface area contributed by atoms with E-state index in [9.17, 15) is 14.7 Å². The highest BCUT2D eigenvalue weighted by Gasteiger charge is 2.39. The average Bonchev–Trinajstić information content (AvgIpc) is 2.63. The number of hydrogen-bond acceptors (Lipinski definition) is 4. The predicted molar refractivity (Wildman–Crippen MR) is 96.4 cm³/mol. The van der Waals surface area contributed by atoms with Crippen molar-refractivity contribution in [3.05, 3.63) is 54.4 Å². The predicted octanol–water partition coefficient (Wildman–Crippen LogP) is 2.95. The van der Waals surface area contributed by atoms with Gasteiger partial charge < -0.3 is 15.2 Å². The molecule has 136 valence electrons. The Balaban J connectivity index is 1.78. The van der Waals surface area contributed by atoms with E-state index in [1.165, 1.54) is 0 Å². The van der Waals surface area contributed by atoms with E-state index in [-0.39, 0.29) is 12.3 Å². The third kappa shape index (κ3) is 3.91. The summed E-state index contributed by atoms with van der Waals surface area (Å²) in [7, 11) is 1.60. The quantitative estimate of drug-likeness (QED) is 0.798. The SMILES string of the molecule is COC1(CC(=O)NC(C(=O)O)c2cccc(-c3ccncc3)c2)CCC1. The number of benzene rings is 1. The minimum atomic E-state index is -1.10. The first-order chi connectivity index (χ1) is 12.5. The summed E-state index contributed by atoms with van der Waals surface area (Å²) in [6, 6.07) is 9.78. The number of methoxy groups -OCH3 is 1. The Hall–Kier alpha value is -2.73. The topological polar surface area (TPSA) is 88.5 Å². The number of hydrogen-bond donors (Lipinski definition) is 2. The van der Waals surface area contributed by atoms with Crippen LogP contribution in [0.25, 0.3) is 11.1 Å². The number of carbonyl (C=O) groups excluding carboxylic acids is 1. The molecule has 1 amide bonds. The van der Waals surface area contributed by atoms with Crippen LogP contribution in [0.3, 0.4) is 0 Å². The molecule has 3 rings (SSSR count). The molecule has 1 heterocycles. The Morgan fingerprint density at radius 2 is 1.96 bits per heavy atom. The van der Waals surface area contributed by atoms with Gasteiger partial charge in [0, 0.05) is 19.5 Å². The zero-order valence-corrected chi connectivity index (χ0v) is 14.6. The van der Waals surface area contributed by atoms with Crippen LogP contribution in [0.5, 0.6) is 0 Å². The van der Waals surface area contributed by atoms with Gasteiger partial charge in [-0.1, -0.05) is 18.2 Å². The maximum atomic E-state index is 12.4. The number of carbonyl (C=O) groups is 2. The molecule has 0 saturated heterocycles. The molecule has 1 aliphatic carbocycles. The Bertz CT molecular complexity index is 782. The first-order valence-electron chi connectivity index (χ1n) is 8.61.